The predicted octanol–water partition coefficient (Wildman–Crippen LogP) is 3.88. The van der Waals surface area contributed by atoms with E-state index in [4.69, 9.17) is 0 Å². The van der Waals surface area contributed by atoms with Crippen LogP contribution in [-0.4, -0.2) is 16.9 Å². The summed E-state index contributed by atoms with van der Waals surface area (Å²) in [5.41, 5.74) is 1.80. The zero-order valence-corrected chi connectivity index (χ0v) is 11.9. The number of carbonyl (C=O) groups excluding carboxylic acids is 2. The van der Waals surface area contributed by atoms with Crippen LogP contribution < -0.4 is 0 Å². The maximum Gasteiger partial charge on any atom is 0.229 e. The van der Waals surface area contributed by atoms with E-state index >= 15 is 0 Å². The molecular weight excluding hydrogens is 292 g/mol. The van der Waals surface area contributed by atoms with Crippen molar-refractivity contribution in [1.82, 2.24) is 0 Å². The fourth-order valence-corrected chi connectivity index (χ4v) is 2.82. The Morgan fingerprint density at radius 3 is 2.22 bits per heavy atom. The number of Topliss-reactive ketones (excluding diaryl/α,β-unsaturated/α-hetero) is 2. The lowest BCUT2D eigenvalue weighted by atomic mass is 9.84. The molecule has 0 unspecified atom stereocenters. The van der Waals surface area contributed by atoms with Crippen molar-refractivity contribution >= 4 is 27.5 Å². The van der Waals surface area contributed by atoms with Gasteiger partial charge in [-0.2, -0.15) is 0 Å². The second-order valence-electron chi connectivity index (χ2n) is 4.84. The molecule has 1 aromatic carbocycles. The minimum atomic E-state index is -0.401. The van der Waals surface area contributed by atoms with E-state index in [2.05, 4.69) is 15.9 Å². The monoisotopic (exact) mass is 308 g/mol. The molecule has 2 rings (SSSR count). The van der Waals surface area contributed by atoms with E-state index in [0.29, 0.717) is 11.5 Å². The van der Waals surface area contributed by atoms with Crippen LogP contribution in [0.3, 0.4) is 0 Å². The van der Waals surface area contributed by atoms with E-state index in [0.717, 1.165) is 0 Å². The first-order chi connectivity index (χ1) is 8.72. The van der Waals surface area contributed by atoms with Crippen LogP contribution in [0.25, 0.3) is 0 Å². The van der Waals surface area contributed by atoms with Crippen LogP contribution in [0.2, 0.25) is 0 Å². The molecule has 1 aliphatic rings. The molecule has 1 fully saturated rings. The van der Waals surface area contributed by atoms with Gasteiger partial charge in [-0.1, -0.05) is 59.5 Å². The van der Waals surface area contributed by atoms with Crippen molar-refractivity contribution in [1.29, 1.82) is 0 Å². The number of benzene rings is 1. The van der Waals surface area contributed by atoms with Crippen molar-refractivity contribution in [3.8, 4) is 0 Å². The summed E-state index contributed by atoms with van der Waals surface area (Å²) in [6.45, 7) is 0. The number of ketones is 2. The molecule has 3 heteroatoms. The summed E-state index contributed by atoms with van der Waals surface area (Å²) in [5, 5.41) is 0.0935. The fraction of sp³-hybridized carbons (Fsp3) is 0.467. The zero-order chi connectivity index (χ0) is 13.0. The third-order valence-corrected chi connectivity index (χ3v) is 4.13. The SMILES string of the molecule is O=C(CBr)C(=O)c1ccc(C2CCCCC2)cc1. The maximum atomic E-state index is 11.7. The van der Waals surface area contributed by atoms with Gasteiger partial charge in [-0.3, -0.25) is 9.59 Å². The molecule has 0 saturated heterocycles. The van der Waals surface area contributed by atoms with Gasteiger partial charge in [0, 0.05) is 5.56 Å². The van der Waals surface area contributed by atoms with E-state index in [1.807, 2.05) is 12.1 Å². The number of alkyl halides is 1. The predicted molar refractivity (Wildman–Crippen MR) is 75.4 cm³/mol. The molecule has 0 aliphatic heterocycles. The molecule has 0 spiro atoms. The van der Waals surface area contributed by atoms with Crippen LogP contribution in [0, 0.1) is 0 Å². The van der Waals surface area contributed by atoms with Crippen molar-refractivity contribution in [3.05, 3.63) is 35.4 Å². The summed E-state index contributed by atoms with van der Waals surface area (Å²) in [6, 6.07) is 7.58. The molecule has 2 nitrogen and oxygen atoms in total. The summed E-state index contributed by atoms with van der Waals surface area (Å²) < 4.78 is 0. The van der Waals surface area contributed by atoms with E-state index < -0.39 is 5.78 Å². The molecule has 0 N–H and O–H groups in total. The van der Waals surface area contributed by atoms with Crippen molar-refractivity contribution < 1.29 is 9.59 Å². The minimum Gasteiger partial charge on any atom is -0.290 e. The molecule has 96 valence electrons. The first-order valence-electron chi connectivity index (χ1n) is 6.46. The normalized spacial score (nSPS) is 16.5. The summed E-state index contributed by atoms with van der Waals surface area (Å²) in [6.07, 6.45) is 6.43. The van der Waals surface area contributed by atoms with Gasteiger partial charge < -0.3 is 0 Å². The first-order valence-corrected chi connectivity index (χ1v) is 7.58. The molecule has 0 heterocycles. The van der Waals surface area contributed by atoms with E-state index in [9.17, 15) is 9.59 Å². The van der Waals surface area contributed by atoms with Gasteiger partial charge in [0.2, 0.25) is 11.6 Å². The number of hydrogen-bond acceptors (Lipinski definition) is 2. The molecule has 0 atom stereocenters. The fourth-order valence-electron chi connectivity index (χ4n) is 2.56. The molecule has 18 heavy (non-hydrogen) atoms. The van der Waals surface area contributed by atoms with Crippen molar-refractivity contribution in [3.63, 3.8) is 0 Å². The standard InChI is InChI=1S/C15H17BrO2/c16-10-14(17)15(18)13-8-6-12(7-9-13)11-4-2-1-3-5-11/h6-9,11H,1-5,10H2. The molecule has 0 bridgehead atoms. The highest BCUT2D eigenvalue weighted by atomic mass is 79.9. The summed E-state index contributed by atoms with van der Waals surface area (Å²) in [7, 11) is 0. The highest BCUT2D eigenvalue weighted by molar-refractivity contribution is 9.09. The largest absolute Gasteiger partial charge is 0.290 e. The molecule has 1 aromatic rings. The van der Waals surface area contributed by atoms with E-state index in [1.54, 1.807) is 12.1 Å². The van der Waals surface area contributed by atoms with Crippen LogP contribution in [0.5, 0.6) is 0 Å². The third-order valence-electron chi connectivity index (χ3n) is 3.62. The Morgan fingerprint density at radius 2 is 1.67 bits per heavy atom. The van der Waals surface area contributed by atoms with Crippen molar-refractivity contribution in [2.75, 3.05) is 5.33 Å². The molecule has 0 aromatic heterocycles. The first kappa shape index (κ1) is 13.5. The molecule has 1 saturated carbocycles. The van der Waals surface area contributed by atoms with Gasteiger partial charge in [0.1, 0.15) is 0 Å². The van der Waals surface area contributed by atoms with E-state index in [1.165, 1.54) is 37.7 Å². The van der Waals surface area contributed by atoms with Crippen LogP contribution >= 0.6 is 15.9 Å². The van der Waals surface area contributed by atoms with Crippen LogP contribution in [0.15, 0.2) is 24.3 Å². The quantitative estimate of drug-likeness (QED) is 0.480. The Balaban J connectivity index is 2.09. The van der Waals surface area contributed by atoms with Gasteiger partial charge >= 0.3 is 0 Å². The summed E-state index contributed by atoms with van der Waals surface area (Å²) >= 11 is 3.02. The van der Waals surface area contributed by atoms with Gasteiger partial charge in [-0.05, 0) is 24.3 Å². The average Bonchev–Trinajstić information content (AvgIpc) is 2.47. The Bertz CT molecular complexity index is 430. The van der Waals surface area contributed by atoms with Crippen molar-refractivity contribution in [2.45, 2.75) is 38.0 Å². The molecule has 0 radical (unpaired) electrons. The van der Waals surface area contributed by atoms with Crippen molar-refractivity contribution in [2.24, 2.45) is 0 Å². The number of rotatable bonds is 4. The Hall–Kier alpha value is -0.960. The number of hydrogen-bond donors (Lipinski definition) is 0. The lowest BCUT2D eigenvalue weighted by molar-refractivity contribution is -0.112. The molecular formula is C15H17BrO2. The third kappa shape index (κ3) is 3.08. The Morgan fingerprint density at radius 1 is 1.06 bits per heavy atom. The van der Waals surface area contributed by atoms with Gasteiger partial charge in [0.25, 0.3) is 0 Å². The minimum absolute atomic E-state index is 0.0935. The zero-order valence-electron chi connectivity index (χ0n) is 10.3. The number of carbonyl (C=O) groups is 2. The van der Waals surface area contributed by atoms with Gasteiger partial charge in [-0.15, -0.1) is 0 Å². The molecule has 1 aliphatic carbocycles. The lowest BCUT2D eigenvalue weighted by Gasteiger charge is -2.21. The molecule has 0 amide bonds. The maximum absolute atomic E-state index is 11.7. The second kappa shape index (κ2) is 6.28. The van der Waals surface area contributed by atoms with Gasteiger partial charge in [0.05, 0.1) is 5.33 Å². The van der Waals surface area contributed by atoms with Crippen LogP contribution in [-0.2, 0) is 4.79 Å². The highest BCUT2D eigenvalue weighted by Gasteiger charge is 2.17. The summed E-state index contributed by atoms with van der Waals surface area (Å²) in [5.74, 6) is -0.155. The van der Waals surface area contributed by atoms with Crippen LogP contribution in [0.1, 0.15) is 53.9 Å². The summed E-state index contributed by atoms with van der Waals surface area (Å²) in [4.78, 5) is 23.0. The Labute approximate surface area is 116 Å². The van der Waals surface area contributed by atoms with Gasteiger partial charge in [0.15, 0.2) is 0 Å². The van der Waals surface area contributed by atoms with Gasteiger partial charge in [-0.25, -0.2) is 0 Å². The highest BCUT2D eigenvalue weighted by Crippen LogP contribution is 2.32. The second-order valence-corrected chi connectivity index (χ2v) is 5.40. The Kier molecular flexibility index (Phi) is 4.70. The lowest BCUT2D eigenvalue weighted by Crippen LogP contribution is -2.15. The average molecular weight is 309 g/mol. The van der Waals surface area contributed by atoms with E-state index in [-0.39, 0.29) is 11.1 Å². The number of halogens is 1. The van der Waals surface area contributed by atoms with Crippen LogP contribution in [0.4, 0.5) is 0 Å². The smallest absolute Gasteiger partial charge is 0.229 e. The topological polar surface area (TPSA) is 34.1 Å².